The summed E-state index contributed by atoms with van der Waals surface area (Å²) in [6.45, 7) is 1.66. The van der Waals surface area contributed by atoms with Crippen LogP contribution in [0.25, 0.3) is 0 Å². The molecule has 1 aliphatic rings. The van der Waals surface area contributed by atoms with E-state index in [0.717, 1.165) is 31.6 Å². The van der Waals surface area contributed by atoms with Crippen molar-refractivity contribution < 1.29 is 9.90 Å². The van der Waals surface area contributed by atoms with Crippen LogP contribution in [0.4, 0.5) is 11.6 Å². The second-order valence-corrected chi connectivity index (χ2v) is 5.88. The minimum Gasteiger partial charge on any atom is -0.478 e. The SMILES string of the molecule is O=C(O)c1ccc(N2CCC[C@H](Nc3ncccn3)C2)c(Cl)c1. The van der Waals surface area contributed by atoms with E-state index in [4.69, 9.17) is 16.7 Å². The first-order chi connectivity index (χ1) is 11.1. The topological polar surface area (TPSA) is 78.4 Å². The molecule has 120 valence electrons. The molecule has 1 aliphatic heterocycles. The molecule has 6 nitrogen and oxygen atoms in total. The monoisotopic (exact) mass is 332 g/mol. The van der Waals surface area contributed by atoms with E-state index in [-0.39, 0.29) is 11.6 Å². The zero-order chi connectivity index (χ0) is 16.2. The number of benzene rings is 1. The maximum atomic E-state index is 11.0. The van der Waals surface area contributed by atoms with Crippen LogP contribution in [0.2, 0.25) is 5.02 Å². The van der Waals surface area contributed by atoms with E-state index in [1.807, 2.05) is 0 Å². The molecule has 0 saturated carbocycles. The molecule has 0 aliphatic carbocycles. The lowest BCUT2D eigenvalue weighted by Crippen LogP contribution is -2.42. The number of carboxylic acid groups (broad SMARTS) is 1. The van der Waals surface area contributed by atoms with Gasteiger partial charge in [-0.25, -0.2) is 14.8 Å². The molecule has 0 amide bonds. The van der Waals surface area contributed by atoms with Gasteiger partial charge in [0.1, 0.15) is 0 Å². The summed E-state index contributed by atoms with van der Waals surface area (Å²) in [6.07, 6.45) is 5.45. The predicted octanol–water partition coefficient (Wildman–Crippen LogP) is 2.91. The second-order valence-electron chi connectivity index (χ2n) is 5.47. The number of halogens is 1. The summed E-state index contributed by atoms with van der Waals surface area (Å²) < 4.78 is 0. The molecule has 2 heterocycles. The Kier molecular flexibility index (Phi) is 4.62. The van der Waals surface area contributed by atoms with Gasteiger partial charge in [0.15, 0.2) is 0 Å². The van der Waals surface area contributed by atoms with Crippen LogP contribution in [0, 0.1) is 0 Å². The van der Waals surface area contributed by atoms with Gasteiger partial charge in [-0.1, -0.05) is 11.6 Å². The average Bonchev–Trinajstić information content (AvgIpc) is 2.56. The number of rotatable bonds is 4. The van der Waals surface area contributed by atoms with Crippen LogP contribution in [0.5, 0.6) is 0 Å². The average molecular weight is 333 g/mol. The first kappa shape index (κ1) is 15.6. The van der Waals surface area contributed by atoms with Gasteiger partial charge in [0.2, 0.25) is 5.95 Å². The van der Waals surface area contributed by atoms with Gasteiger partial charge in [-0.2, -0.15) is 0 Å². The molecule has 1 atom stereocenters. The largest absolute Gasteiger partial charge is 0.478 e. The molecule has 3 rings (SSSR count). The van der Waals surface area contributed by atoms with Crippen LogP contribution >= 0.6 is 11.6 Å². The number of piperidine rings is 1. The second kappa shape index (κ2) is 6.83. The van der Waals surface area contributed by atoms with Crippen molar-refractivity contribution in [2.75, 3.05) is 23.3 Å². The number of hydrogen-bond donors (Lipinski definition) is 2. The van der Waals surface area contributed by atoms with Gasteiger partial charge in [0.05, 0.1) is 16.3 Å². The van der Waals surface area contributed by atoms with Crippen LogP contribution in [-0.4, -0.2) is 40.2 Å². The van der Waals surface area contributed by atoms with E-state index in [1.165, 1.54) is 6.07 Å². The van der Waals surface area contributed by atoms with Crippen LogP contribution < -0.4 is 10.2 Å². The molecule has 1 saturated heterocycles. The van der Waals surface area contributed by atoms with Crippen molar-refractivity contribution >= 4 is 29.2 Å². The molecule has 0 spiro atoms. The van der Waals surface area contributed by atoms with E-state index >= 15 is 0 Å². The Morgan fingerprint density at radius 2 is 2.13 bits per heavy atom. The first-order valence-electron chi connectivity index (χ1n) is 7.45. The fourth-order valence-corrected chi connectivity index (χ4v) is 3.07. The summed E-state index contributed by atoms with van der Waals surface area (Å²) in [7, 11) is 0. The van der Waals surface area contributed by atoms with E-state index in [2.05, 4.69) is 20.2 Å². The summed E-state index contributed by atoms with van der Waals surface area (Å²) in [6, 6.07) is 6.86. The lowest BCUT2D eigenvalue weighted by molar-refractivity contribution is 0.0697. The van der Waals surface area contributed by atoms with Crippen molar-refractivity contribution in [3.8, 4) is 0 Å². The van der Waals surface area contributed by atoms with Crippen LogP contribution in [0.1, 0.15) is 23.2 Å². The maximum absolute atomic E-state index is 11.0. The zero-order valence-electron chi connectivity index (χ0n) is 12.4. The third-order valence-electron chi connectivity index (χ3n) is 3.86. The summed E-state index contributed by atoms with van der Waals surface area (Å²) in [4.78, 5) is 21.5. The summed E-state index contributed by atoms with van der Waals surface area (Å²) in [5.41, 5.74) is 1.06. The van der Waals surface area contributed by atoms with E-state index in [9.17, 15) is 4.79 Å². The smallest absolute Gasteiger partial charge is 0.335 e. The number of hydrogen-bond acceptors (Lipinski definition) is 5. The van der Waals surface area contributed by atoms with Crippen molar-refractivity contribution in [2.45, 2.75) is 18.9 Å². The molecular weight excluding hydrogens is 316 g/mol. The van der Waals surface area contributed by atoms with Gasteiger partial charge in [-0.05, 0) is 37.1 Å². The molecule has 1 aromatic carbocycles. The Balaban J connectivity index is 1.72. The molecule has 1 fully saturated rings. The Bertz CT molecular complexity index is 696. The van der Waals surface area contributed by atoms with Crippen molar-refractivity contribution in [2.24, 2.45) is 0 Å². The van der Waals surface area contributed by atoms with Crippen LogP contribution in [0.15, 0.2) is 36.7 Å². The highest BCUT2D eigenvalue weighted by molar-refractivity contribution is 6.33. The minimum absolute atomic E-state index is 0.197. The molecule has 0 unspecified atom stereocenters. The van der Waals surface area contributed by atoms with E-state index < -0.39 is 5.97 Å². The van der Waals surface area contributed by atoms with Crippen LogP contribution in [0.3, 0.4) is 0 Å². The normalized spacial score (nSPS) is 17.8. The highest BCUT2D eigenvalue weighted by atomic mass is 35.5. The number of aromatic carboxylic acids is 1. The lowest BCUT2D eigenvalue weighted by atomic mass is 10.0. The third-order valence-corrected chi connectivity index (χ3v) is 4.16. The summed E-state index contributed by atoms with van der Waals surface area (Å²) >= 11 is 6.26. The number of anilines is 2. The standard InChI is InChI=1S/C16H17ClN4O2/c17-13-9-11(15(22)23)4-5-14(13)21-8-1-3-12(10-21)20-16-18-6-2-7-19-16/h2,4-7,9,12H,1,3,8,10H2,(H,22,23)(H,18,19,20)/t12-/m0/s1. The Labute approximate surface area is 139 Å². The Morgan fingerprint density at radius 3 is 2.83 bits per heavy atom. The van der Waals surface area contributed by atoms with Crippen molar-refractivity contribution in [1.82, 2.24) is 9.97 Å². The Hall–Kier alpha value is -2.34. The molecular formula is C16H17ClN4O2. The minimum atomic E-state index is -0.974. The fourth-order valence-electron chi connectivity index (χ4n) is 2.77. The van der Waals surface area contributed by atoms with Gasteiger partial charge in [0.25, 0.3) is 0 Å². The number of aromatic nitrogens is 2. The van der Waals surface area contributed by atoms with Gasteiger partial charge in [0, 0.05) is 31.5 Å². The molecule has 2 N–H and O–H groups in total. The van der Waals surface area contributed by atoms with Crippen molar-refractivity contribution in [3.63, 3.8) is 0 Å². The molecule has 1 aromatic heterocycles. The highest BCUT2D eigenvalue weighted by Gasteiger charge is 2.22. The lowest BCUT2D eigenvalue weighted by Gasteiger charge is -2.35. The molecule has 2 aromatic rings. The molecule has 23 heavy (non-hydrogen) atoms. The summed E-state index contributed by atoms with van der Waals surface area (Å²) in [5, 5.41) is 12.8. The fraction of sp³-hybridized carbons (Fsp3) is 0.312. The maximum Gasteiger partial charge on any atom is 0.335 e. The zero-order valence-corrected chi connectivity index (χ0v) is 13.2. The van der Waals surface area contributed by atoms with Gasteiger partial charge < -0.3 is 15.3 Å². The Morgan fingerprint density at radius 1 is 1.35 bits per heavy atom. The van der Waals surface area contributed by atoms with Crippen molar-refractivity contribution in [3.05, 3.63) is 47.2 Å². The van der Waals surface area contributed by atoms with E-state index in [0.29, 0.717) is 11.0 Å². The van der Waals surface area contributed by atoms with Gasteiger partial charge in [-0.15, -0.1) is 0 Å². The van der Waals surface area contributed by atoms with E-state index in [1.54, 1.807) is 30.6 Å². The van der Waals surface area contributed by atoms with Gasteiger partial charge >= 0.3 is 5.97 Å². The number of carboxylic acids is 1. The summed E-state index contributed by atoms with van der Waals surface area (Å²) in [5.74, 6) is -0.357. The number of nitrogens with zero attached hydrogens (tertiary/aromatic N) is 3. The predicted molar refractivity (Wildman–Crippen MR) is 89.3 cm³/mol. The highest BCUT2D eigenvalue weighted by Crippen LogP contribution is 2.29. The number of carbonyl (C=O) groups is 1. The van der Waals surface area contributed by atoms with Crippen molar-refractivity contribution in [1.29, 1.82) is 0 Å². The quantitative estimate of drug-likeness (QED) is 0.896. The van der Waals surface area contributed by atoms with Gasteiger partial charge in [-0.3, -0.25) is 0 Å². The number of nitrogens with one attached hydrogen (secondary N) is 1. The van der Waals surface area contributed by atoms with Crippen LogP contribution in [-0.2, 0) is 0 Å². The third kappa shape index (κ3) is 3.71. The molecule has 0 bridgehead atoms. The molecule has 0 radical (unpaired) electrons. The first-order valence-corrected chi connectivity index (χ1v) is 7.82. The molecule has 7 heteroatoms.